The van der Waals surface area contributed by atoms with E-state index in [4.69, 9.17) is 28.4 Å². The van der Waals surface area contributed by atoms with E-state index in [0.29, 0.717) is 12.0 Å². The number of unbranched alkanes of at least 4 members (excludes halogenated alkanes) is 2. The molecule has 3 atom stereocenters. The van der Waals surface area contributed by atoms with E-state index >= 15 is 0 Å². The van der Waals surface area contributed by atoms with Crippen LogP contribution >= 0.6 is 0 Å². The van der Waals surface area contributed by atoms with Crippen LogP contribution in [-0.2, 0) is 35.0 Å². The van der Waals surface area contributed by atoms with Gasteiger partial charge in [-0.25, -0.2) is 9.59 Å². The molecule has 232 valence electrons. The third kappa shape index (κ3) is 15.3. The van der Waals surface area contributed by atoms with E-state index in [1.54, 1.807) is 6.07 Å². The van der Waals surface area contributed by atoms with Crippen molar-refractivity contribution >= 4 is 24.2 Å². The van der Waals surface area contributed by atoms with Crippen LogP contribution in [0.2, 0.25) is 0 Å². The highest BCUT2D eigenvalue weighted by molar-refractivity contribution is 5.76. The van der Waals surface area contributed by atoms with Gasteiger partial charge in [-0.2, -0.15) is 0 Å². The molecule has 1 aromatic rings. The molecule has 0 spiro atoms. The van der Waals surface area contributed by atoms with Crippen LogP contribution in [-0.4, -0.2) is 63.8 Å². The van der Waals surface area contributed by atoms with E-state index in [1.807, 2.05) is 27.7 Å². The Labute approximate surface area is 243 Å². The topological polar surface area (TPSA) is 136 Å². The van der Waals surface area contributed by atoms with Gasteiger partial charge < -0.3 is 33.7 Å². The Bertz CT molecular complexity index is 951. The van der Waals surface area contributed by atoms with Crippen molar-refractivity contribution in [1.29, 1.82) is 0 Å². The first kappa shape index (κ1) is 35.7. The zero-order chi connectivity index (χ0) is 30.6. The average molecular weight is 582 g/mol. The lowest BCUT2D eigenvalue weighted by atomic mass is 10.1. The normalized spacial score (nSPS) is 12.9. The van der Waals surface area contributed by atoms with Gasteiger partial charge >= 0.3 is 24.2 Å². The van der Waals surface area contributed by atoms with Crippen molar-refractivity contribution in [1.82, 2.24) is 5.32 Å². The Morgan fingerprint density at radius 3 is 2.00 bits per heavy atom. The number of rotatable bonds is 19. The van der Waals surface area contributed by atoms with E-state index in [1.165, 1.54) is 19.2 Å². The summed E-state index contributed by atoms with van der Waals surface area (Å²) in [6, 6.07) is 3.77. The van der Waals surface area contributed by atoms with Crippen LogP contribution in [0.1, 0.15) is 78.7 Å². The third-order valence-electron chi connectivity index (χ3n) is 6.43. The number of methoxy groups -OCH3 is 1. The maximum Gasteiger partial charge on any atom is 0.513 e. The highest BCUT2D eigenvalue weighted by Crippen LogP contribution is 2.30. The Morgan fingerprint density at radius 2 is 1.44 bits per heavy atom. The summed E-state index contributed by atoms with van der Waals surface area (Å²) >= 11 is 0. The van der Waals surface area contributed by atoms with Gasteiger partial charge in [-0.15, -0.1) is 0 Å². The van der Waals surface area contributed by atoms with E-state index in [0.717, 1.165) is 32.1 Å². The molecule has 0 aromatic heterocycles. The molecule has 0 fully saturated rings. The monoisotopic (exact) mass is 581 g/mol. The minimum absolute atomic E-state index is 0.0408. The van der Waals surface area contributed by atoms with Gasteiger partial charge in [0.2, 0.25) is 0 Å². The number of carbonyl (C=O) groups is 4. The van der Waals surface area contributed by atoms with Crippen LogP contribution in [0.25, 0.3) is 0 Å². The predicted octanol–water partition coefficient (Wildman–Crippen LogP) is 5.61. The number of carbonyl (C=O) groups excluding carboxylic acids is 4. The standard InChI is InChI=1S/C30H47NO10/c1-7-10-11-12-27(32)37-16-15-31-24(28(33)36-6)17-23-13-14-25(40-29(34)38-19-21(4)8-2)26(18-23)41-30(35)39-20-22(5)9-3/h13-14,18,21-22,24,31H,7-12,15-17,19-20H2,1-6H3/t21?,22?,24-/m0/s1. The third-order valence-corrected chi connectivity index (χ3v) is 6.43. The molecule has 0 amide bonds. The Hall–Kier alpha value is -3.34. The molecule has 1 aromatic carbocycles. The first-order valence-corrected chi connectivity index (χ1v) is 14.4. The molecule has 1 N–H and O–H groups in total. The Balaban J connectivity index is 2.96. The van der Waals surface area contributed by atoms with Crippen molar-refractivity contribution in [2.24, 2.45) is 11.8 Å². The fourth-order valence-electron chi connectivity index (χ4n) is 3.34. The number of ether oxygens (including phenoxy) is 6. The minimum atomic E-state index is -0.955. The summed E-state index contributed by atoms with van der Waals surface area (Å²) in [7, 11) is 1.27. The van der Waals surface area contributed by atoms with E-state index < -0.39 is 24.3 Å². The van der Waals surface area contributed by atoms with Crippen LogP contribution in [0, 0.1) is 11.8 Å². The second-order valence-corrected chi connectivity index (χ2v) is 10.0. The van der Waals surface area contributed by atoms with E-state index in [2.05, 4.69) is 12.2 Å². The predicted molar refractivity (Wildman–Crippen MR) is 152 cm³/mol. The maximum absolute atomic E-state index is 12.4. The highest BCUT2D eigenvalue weighted by Gasteiger charge is 2.22. The summed E-state index contributed by atoms with van der Waals surface area (Å²) in [5.74, 6) is -0.618. The summed E-state index contributed by atoms with van der Waals surface area (Å²) in [6.45, 7) is 10.6. The van der Waals surface area contributed by atoms with Crippen LogP contribution in [0.5, 0.6) is 11.5 Å². The first-order valence-electron chi connectivity index (χ1n) is 14.4. The molecule has 0 aliphatic carbocycles. The molecule has 0 bridgehead atoms. The van der Waals surface area contributed by atoms with Crippen LogP contribution in [0.4, 0.5) is 9.59 Å². The van der Waals surface area contributed by atoms with Gasteiger partial charge in [0.25, 0.3) is 0 Å². The van der Waals surface area contributed by atoms with Crippen molar-refractivity contribution in [2.75, 3.05) is 33.5 Å². The SMILES string of the molecule is CCCCCC(=O)OCCN[C@@H](Cc1ccc(OC(=O)OCC(C)CC)c(OC(=O)OCC(C)CC)c1)C(=O)OC. The molecule has 0 heterocycles. The summed E-state index contributed by atoms with van der Waals surface area (Å²) in [6.07, 6.45) is 3.01. The van der Waals surface area contributed by atoms with Crippen molar-refractivity contribution in [3.8, 4) is 11.5 Å². The molecule has 0 saturated carbocycles. The molecule has 11 nitrogen and oxygen atoms in total. The first-order chi connectivity index (χ1) is 19.6. The zero-order valence-corrected chi connectivity index (χ0v) is 25.3. The highest BCUT2D eigenvalue weighted by atomic mass is 16.7. The molecule has 0 aliphatic rings. The molecule has 0 aliphatic heterocycles. The number of hydrogen-bond acceptors (Lipinski definition) is 11. The quantitative estimate of drug-likeness (QED) is 0.0945. The van der Waals surface area contributed by atoms with Crippen molar-refractivity contribution in [2.45, 2.75) is 85.6 Å². The maximum atomic E-state index is 12.4. The van der Waals surface area contributed by atoms with Crippen LogP contribution in [0.3, 0.4) is 0 Å². The number of benzene rings is 1. The lowest BCUT2D eigenvalue weighted by molar-refractivity contribution is -0.144. The van der Waals surface area contributed by atoms with Gasteiger partial charge in [0.15, 0.2) is 11.5 Å². The van der Waals surface area contributed by atoms with Crippen molar-refractivity contribution in [3.63, 3.8) is 0 Å². The van der Waals surface area contributed by atoms with Gasteiger partial charge in [-0.1, -0.05) is 66.4 Å². The fourth-order valence-corrected chi connectivity index (χ4v) is 3.34. The van der Waals surface area contributed by atoms with Gasteiger partial charge in [-0.3, -0.25) is 9.59 Å². The Morgan fingerprint density at radius 1 is 0.829 bits per heavy atom. The lowest BCUT2D eigenvalue weighted by Crippen LogP contribution is -2.41. The summed E-state index contributed by atoms with van der Waals surface area (Å²) in [5.41, 5.74) is 0.578. The summed E-state index contributed by atoms with van der Waals surface area (Å²) in [4.78, 5) is 48.9. The van der Waals surface area contributed by atoms with Gasteiger partial charge in [0.05, 0.1) is 20.3 Å². The zero-order valence-electron chi connectivity index (χ0n) is 25.3. The smallest absolute Gasteiger partial charge is 0.468 e. The molecule has 41 heavy (non-hydrogen) atoms. The number of nitrogens with one attached hydrogen (secondary N) is 1. The van der Waals surface area contributed by atoms with Gasteiger partial charge in [-0.05, 0) is 42.4 Å². The summed E-state index contributed by atoms with van der Waals surface area (Å²) < 4.78 is 31.2. The molecule has 1 rings (SSSR count). The minimum Gasteiger partial charge on any atom is -0.468 e. The lowest BCUT2D eigenvalue weighted by Gasteiger charge is -2.18. The Kier molecular flexibility index (Phi) is 17.9. The number of esters is 2. The molecular weight excluding hydrogens is 534 g/mol. The second-order valence-electron chi connectivity index (χ2n) is 10.0. The van der Waals surface area contributed by atoms with E-state index in [9.17, 15) is 19.2 Å². The molecule has 11 heteroatoms. The molecule has 2 unspecified atom stereocenters. The second kappa shape index (κ2) is 20.5. The molecule has 0 saturated heterocycles. The van der Waals surface area contributed by atoms with Crippen molar-refractivity contribution in [3.05, 3.63) is 23.8 Å². The number of hydrogen-bond donors (Lipinski definition) is 1. The average Bonchev–Trinajstić information content (AvgIpc) is 2.96. The van der Waals surface area contributed by atoms with Gasteiger partial charge in [0, 0.05) is 13.0 Å². The van der Waals surface area contributed by atoms with Gasteiger partial charge in [0.1, 0.15) is 12.6 Å². The van der Waals surface area contributed by atoms with Crippen molar-refractivity contribution < 1.29 is 47.6 Å². The van der Waals surface area contributed by atoms with Crippen LogP contribution < -0.4 is 14.8 Å². The fraction of sp³-hybridized carbons (Fsp3) is 0.667. The molecular formula is C30H47NO10. The largest absolute Gasteiger partial charge is 0.513 e. The van der Waals surface area contributed by atoms with E-state index in [-0.39, 0.29) is 62.1 Å². The summed E-state index contributed by atoms with van der Waals surface area (Å²) in [5, 5.41) is 3.03. The van der Waals surface area contributed by atoms with Crippen LogP contribution in [0.15, 0.2) is 18.2 Å². The molecule has 0 radical (unpaired) electrons.